The number of fused-ring (bicyclic) bond motifs is 1. The molecule has 0 radical (unpaired) electrons. The van der Waals surface area contributed by atoms with Crippen molar-refractivity contribution in [2.45, 2.75) is 12.2 Å². The second kappa shape index (κ2) is 8.57. The third-order valence-corrected chi connectivity index (χ3v) is 6.54. The van der Waals surface area contributed by atoms with Crippen LogP contribution in [0.3, 0.4) is 0 Å². The Labute approximate surface area is 167 Å². The number of carbonyl (C=O) groups is 1. The van der Waals surface area contributed by atoms with Crippen molar-refractivity contribution < 1.29 is 22.7 Å². The minimum absolute atomic E-state index is 0.0815. The van der Waals surface area contributed by atoms with Crippen molar-refractivity contribution in [3.8, 4) is 11.5 Å². The van der Waals surface area contributed by atoms with Crippen LogP contribution >= 0.6 is 11.3 Å². The lowest BCUT2D eigenvalue weighted by Crippen LogP contribution is -2.18. The quantitative estimate of drug-likeness (QED) is 0.601. The van der Waals surface area contributed by atoms with E-state index in [9.17, 15) is 13.2 Å². The van der Waals surface area contributed by atoms with E-state index in [-0.39, 0.29) is 17.9 Å². The first-order valence-corrected chi connectivity index (χ1v) is 11.1. The van der Waals surface area contributed by atoms with Crippen molar-refractivity contribution in [3.63, 3.8) is 0 Å². The maximum atomic E-state index is 12.2. The van der Waals surface area contributed by atoms with Crippen LogP contribution in [-0.2, 0) is 20.4 Å². The molecule has 3 rings (SSSR count). The number of carbonyl (C=O) groups excluding carboxylic acids is 1. The van der Waals surface area contributed by atoms with Crippen molar-refractivity contribution in [1.29, 1.82) is 0 Å². The average molecular weight is 421 g/mol. The number of anilines is 1. The van der Waals surface area contributed by atoms with Gasteiger partial charge in [-0.05, 0) is 5.56 Å². The van der Waals surface area contributed by atoms with Gasteiger partial charge >= 0.3 is 0 Å². The van der Waals surface area contributed by atoms with Gasteiger partial charge in [0.2, 0.25) is 5.91 Å². The summed E-state index contributed by atoms with van der Waals surface area (Å²) >= 11 is 1.28. The highest BCUT2D eigenvalue weighted by Crippen LogP contribution is 2.36. The molecule has 0 bridgehead atoms. The van der Waals surface area contributed by atoms with Crippen LogP contribution in [0.5, 0.6) is 11.5 Å². The van der Waals surface area contributed by atoms with Crippen LogP contribution in [0.1, 0.15) is 12.0 Å². The Hall–Kier alpha value is -2.65. The van der Waals surface area contributed by atoms with Gasteiger partial charge < -0.3 is 14.8 Å². The molecule has 0 saturated heterocycles. The second-order valence-electron chi connectivity index (χ2n) is 6.07. The Morgan fingerprint density at radius 3 is 2.46 bits per heavy atom. The van der Waals surface area contributed by atoms with Gasteiger partial charge in [0, 0.05) is 18.6 Å². The number of benzene rings is 2. The third-order valence-electron chi connectivity index (χ3n) is 4.01. The Morgan fingerprint density at radius 2 is 1.79 bits per heavy atom. The van der Waals surface area contributed by atoms with Gasteiger partial charge in [0.25, 0.3) is 0 Å². The number of amides is 1. The van der Waals surface area contributed by atoms with Crippen molar-refractivity contribution in [2.75, 3.05) is 25.3 Å². The Bertz CT molecular complexity index is 1040. The van der Waals surface area contributed by atoms with E-state index in [1.165, 1.54) is 18.4 Å². The average Bonchev–Trinajstić information content (AvgIpc) is 3.06. The summed E-state index contributed by atoms with van der Waals surface area (Å²) in [5.41, 5.74) is 1.37. The normalized spacial score (nSPS) is 11.4. The van der Waals surface area contributed by atoms with Gasteiger partial charge in [0.15, 0.2) is 26.5 Å². The molecule has 0 spiro atoms. The topological polar surface area (TPSA) is 94.6 Å². The van der Waals surface area contributed by atoms with E-state index in [1.807, 2.05) is 6.07 Å². The molecule has 1 amide bonds. The molecule has 0 unspecified atom stereocenters. The second-order valence-corrected chi connectivity index (χ2v) is 9.28. The van der Waals surface area contributed by atoms with Gasteiger partial charge in [-0.2, -0.15) is 0 Å². The molecule has 7 nitrogen and oxygen atoms in total. The standard InChI is InChI=1S/C19H20N2O5S2/c1-25-15-10-14-17(11-16(15)26-2)27-19(20-14)21-18(22)8-9-28(23,24)12-13-6-4-3-5-7-13/h3-7,10-11H,8-9,12H2,1-2H3,(H,20,21,22). The zero-order valence-electron chi connectivity index (χ0n) is 15.5. The summed E-state index contributed by atoms with van der Waals surface area (Å²) < 4.78 is 35.8. The van der Waals surface area contributed by atoms with Crippen molar-refractivity contribution in [1.82, 2.24) is 4.98 Å². The first-order valence-electron chi connectivity index (χ1n) is 8.47. The van der Waals surface area contributed by atoms with E-state index in [1.54, 1.807) is 43.5 Å². The Morgan fingerprint density at radius 1 is 1.11 bits per heavy atom. The van der Waals surface area contributed by atoms with Crippen molar-refractivity contribution >= 4 is 42.4 Å². The molecular weight excluding hydrogens is 400 g/mol. The van der Waals surface area contributed by atoms with E-state index in [4.69, 9.17) is 9.47 Å². The van der Waals surface area contributed by atoms with Crippen LogP contribution in [0.15, 0.2) is 42.5 Å². The van der Waals surface area contributed by atoms with Crippen LogP contribution in [0.2, 0.25) is 0 Å². The number of ether oxygens (including phenoxy) is 2. The number of hydrogen-bond acceptors (Lipinski definition) is 7. The predicted octanol–water partition coefficient (Wildman–Crippen LogP) is 3.26. The minimum atomic E-state index is -3.38. The number of rotatable bonds is 8. The number of thiazole rings is 1. The molecule has 0 aliphatic heterocycles. The lowest BCUT2D eigenvalue weighted by atomic mass is 10.2. The maximum absolute atomic E-state index is 12.2. The fourth-order valence-electron chi connectivity index (χ4n) is 2.64. The first kappa shape index (κ1) is 20.1. The van der Waals surface area contributed by atoms with Crippen LogP contribution in [0.4, 0.5) is 5.13 Å². The molecule has 3 aromatic rings. The highest BCUT2D eigenvalue weighted by Gasteiger charge is 2.16. The van der Waals surface area contributed by atoms with E-state index >= 15 is 0 Å². The van der Waals surface area contributed by atoms with Gasteiger partial charge in [-0.1, -0.05) is 41.7 Å². The van der Waals surface area contributed by atoms with E-state index in [2.05, 4.69) is 10.3 Å². The summed E-state index contributed by atoms with van der Waals surface area (Å²) in [4.78, 5) is 16.5. The molecular formula is C19H20N2O5S2. The molecule has 2 aromatic carbocycles. The zero-order valence-corrected chi connectivity index (χ0v) is 17.1. The molecule has 9 heteroatoms. The molecule has 0 aliphatic rings. The molecule has 0 fully saturated rings. The number of hydrogen-bond donors (Lipinski definition) is 1. The molecule has 0 saturated carbocycles. The summed E-state index contributed by atoms with van der Waals surface area (Å²) in [6, 6.07) is 12.4. The number of methoxy groups -OCH3 is 2. The van der Waals surface area contributed by atoms with Crippen LogP contribution < -0.4 is 14.8 Å². The molecule has 1 aromatic heterocycles. The molecule has 148 valence electrons. The largest absolute Gasteiger partial charge is 0.493 e. The van der Waals surface area contributed by atoms with Crippen LogP contribution in [0, 0.1) is 0 Å². The number of aromatic nitrogens is 1. The maximum Gasteiger partial charge on any atom is 0.227 e. The fourth-order valence-corrected chi connectivity index (χ4v) is 4.87. The van der Waals surface area contributed by atoms with Gasteiger partial charge in [-0.15, -0.1) is 0 Å². The van der Waals surface area contributed by atoms with Gasteiger partial charge in [0.1, 0.15) is 0 Å². The van der Waals surface area contributed by atoms with Crippen LogP contribution in [-0.4, -0.2) is 39.3 Å². The lowest BCUT2D eigenvalue weighted by Gasteiger charge is -2.05. The molecule has 0 atom stereocenters. The number of sulfone groups is 1. The summed E-state index contributed by atoms with van der Waals surface area (Å²) in [5.74, 6) is 0.422. The minimum Gasteiger partial charge on any atom is -0.493 e. The van der Waals surface area contributed by atoms with Crippen molar-refractivity contribution in [2.24, 2.45) is 0 Å². The van der Waals surface area contributed by atoms with E-state index in [0.29, 0.717) is 27.7 Å². The third kappa shape index (κ3) is 4.99. The van der Waals surface area contributed by atoms with Gasteiger partial charge in [0.05, 0.1) is 35.9 Å². The number of nitrogens with zero attached hydrogens (tertiary/aromatic N) is 1. The summed E-state index contributed by atoms with van der Waals surface area (Å²) in [6.45, 7) is 0. The molecule has 0 aliphatic carbocycles. The summed E-state index contributed by atoms with van der Waals surface area (Å²) in [6.07, 6.45) is -0.127. The van der Waals surface area contributed by atoms with Crippen molar-refractivity contribution in [3.05, 3.63) is 48.0 Å². The molecule has 1 heterocycles. The first-order chi connectivity index (χ1) is 13.4. The van der Waals surface area contributed by atoms with E-state index in [0.717, 1.165) is 4.70 Å². The number of nitrogens with one attached hydrogen (secondary N) is 1. The van der Waals surface area contributed by atoms with Gasteiger partial charge in [-0.25, -0.2) is 13.4 Å². The monoisotopic (exact) mass is 420 g/mol. The van der Waals surface area contributed by atoms with Gasteiger partial charge in [-0.3, -0.25) is 4.79 Å². The summed E-state index contributed by atoms with van der Waals surface area (Å²) in [7, 11) is -0.294. The SMILES string of the molecule is COc1cc2nc(NC(=O)CCS(=O)(=O)Cc3ccccc3)sc2cc1OC. The lowest BCUT2D eigenvalue weighted by molar-refractivity contribution is -0.115. The molecule has 1 N–H and O–H groups in total. The molecule has 28 heavy (non-hydrogen) atoms. The Kier molecular flexibility index (Phi) is 6.15. The highest BCUT2D eigenvalue weighted by atomic mass is 32.2. The smallest absolute Gasteiger partial charge is 0.227 e. The van der Waals surface area contributed by atoms with E-state index < -0.39 is 15.7 Å². The summed E-state index contributed by atoms with van der Waals surface area (Å²) in [5, 5.41) is 3.06. The highest BCUT2D eigenvalue weighted by molar-refractivity contribution is 7.90. The Balaban J connectivity index is 1.63. The predicted molar refractivity (Wildman–Crippen MR) is 110 cm³/mol. The zero-order chi connectivity index (χ0) is 20.1. The van der Waals surface area contributed by atoms with Crippen LogP contribution in [0.25, 0.3) is 10.2 Å². The fraction of sp³-hybridized carbons (Fsp3) is 0.263.